The fourth-order valence-electron chi connectivity index (χ4n) is 8.79. The molecule has 0 rings (SSSR count). The van der Waals surface area contributed by atoms with E-state index >= 15 is 0 Å². The lowest BCUT2D eigenvalue weighted by Gasteiger charge is -2.21. The predicted molar refractivity (Wildman–Crippen MR) is 372 cm³/mol. The molecule has 0 heterocycles. The van der Waals surface area contributed by atoms with Gasteiger partial charge >= 0.3 is 39.5 Å². The molecule has 19 heteroatoms. The SMILES string of the molecule is CC/C=C\C/C=C\C/C=C\C/C=C\CCCCC(=O)OCC(COP(=O)(O)OCC(O)COP(=O)(O)OCC(COC(=O)CCCCCCC/C=C\C/C=C\CCC)OC(=O)CCCCCCC/C=C\C/C=C\CCC)OC(=O)CCCCCCC/C=C\CCCC. The molecule has 5 unspecified atom stereocenters. The van der Waals surface area contributed by atoms with Gasteiger partial charge in [0.25, 0.3) is 0 Å². The highest BCUT2D eigenvalue weighted by Crippen LogP contribution is 2.45. The van der Waals surface area contributed by atoms with Gasteiger partial charge < -0.3 is 33.8 Å². The third-order valence-electron chi connectivity index (χ3n) is 14.2. The molecule has 0 aliphatic rings. The van der Waals surface area contributed by atoms with E-state index in [9.17, 15) is 43.2 Å². The molecule has 0 aromatic rings. The smallest absolute Gasteiger partial charge is 0.462 e. The first kappa shape index (κ1) is 87.7. The zero-order valence-electron chi connectivity index (χ0n) is 57.2. The lowest BCUT2D eigenvalue weighted by Crippen LogP contribution is -2.30. The largest absolute Gasteiger partial charge is 0.472 e. The highest BCUT2D eigenvalue weighted by Gasteiger charge is 2.30. The summed E-state index contributed by atoms with van der Waals surface area (Å²) in [4.78, 5) is 72.5. The predicted octanol–water partition coefficient (Wildman–Crippen LogP) is 19.4. The molecule has 0 aromatic carbocycles. The first-order chi connectivity index (χ1) is 44.7. The third kappa shape index (κ3) is 64.4. The summed E-state index contributed by atoms with van der Waals surface area (Å²) in [6.45, 7) is 4.47. The molecule has 0 saturated heterocycles. The number of rotatable bonds is 65. The van der Waals surface area contributed by atoms with E-state index in [4.69, 9.17) is 37.0 Å². The van der Waals surface area contributed by atoms with E-state index < -0.39 is 97.5 Å². The maximum Gasteiger partial charge on any atom is 0.472 e. The van der Waals surface area contributed by atoms with Crippen LogP contribution in [0.15, 0.2) is 109 Å². The monoisotopic (exact) mass is 1330 g/mol. The fraction of sp³-hybridized carbons (Fsp3) is 0.699. The van der Waals surface area contributed by atoms with Gasteiger partial charge in [-0.1, -0.05) is 221 Å². The molecule has 5 atom stereocenters. The summed E-state index contributed by atoms with van der Waals surface area (Å²) >= 11 is 0. The van der Waals surface area contributed by atoms with Gasteiger partial charge in [-0.25, -0.2) is 9.13 Å². The normalized spacial score (nSPS) is 14.7. The molecular formula is C73H124O17P2. The van der Waals surface area contributed by atoms with Gasteiger partial charge in [0.2, 0.25) is 0 Å². The summed E-state index contributed by atoms with van der Waals surface area (Å²) in [5, 5.41) is 10.6. The Kier molecular flexibility index (Phi) is 62.3. The van der Waals surface area contributed by atoms with Crippen molar-refractivity contribution in [1.29, 1.82) is 0 Å². The van der Waals surface area contributed by atoms with Gasteiger partial charge in [-0.3, -0.25) is 37.3 Å². The summed E-state index contributed by atoms with van der Waals surface area (Å²) in [6.07, 6.45) is 66.8. The minimum atomic E-state index is -4.98. The molecule has 0 aliphatic carbocycles. The number of hydrogen-bond acceptors (Lipinski definition) is 15. The Bertz CT molecular complexity index is 2180. The van der Waals surface area contributed by atoms with Crippen molar-refractivity contribution in [2.24, 2.45) is 0 Å². The maximum atomic E-state index is 13.0. The number of allylic oxidation sites excluding steroid dienone is 18. The molecule has 0 amide bonds. The number of phosphoric acid groups is 2. The Morgan fingerprint density at radius 2 is 0.587 bits per heavy atom. The van der Waals surface area contributed by atoms with E-state index in [1.165, 1.54) is 12.8 Å². The van der Waals surface area contributed by atoms with Crippen molar-refractivity contribution in [2.45, 2.75) is 290 Å². The van der Waals surface area contributed by atoms with Gasteiger partial charge in [0, 0.05) is 25.7 Å². The Hall–Kier alpha value is -4.28. The number of aliphatic hydroxyl groups excluding tert-OH is 1. The van der Waals surface area contributed by atoms with Gasteiger partial charge in [0.1, 0.15) is 19.3 Å². The Labute approximate surface area is 556 Å². The van der Waals surface area contributed by atoms with E-state index in [2.05, 4.69) is 137 Å². The van der Waals surface area contributed by atoms with Crippen molar-refractivity contribution in [1.82, 2.24) is 0 Å². The highest BCUT2D eigenvalue weighted by atomic mass is 31.2. The van der Waals surface area contributed by atoms with E-state index in [0.717, 1.165) is 180 Å². The Balaban J connectivity index is 5.37. The molecule has 528 valence electrons. The first-order valence-electron chi connectivity index (χ1n) is 35.1. The highest BCUT2D eigenvalue weighted by molar-refractivity contribution is 7.47. The number of ether oxygens (including phenoxy) is 4. The van der Waals surface area contributed by atoms with Crippen LogP contribution < -0.4 is 0 Å². The standard InChI is InChI=1S/C73H124O17P2/c1-5-9-13-17-21-25-29-32-33-36-39-42-46-50-54-58-71(76)84-63-68(89-72(77)59-55-51-47-43-37-28-24-20-16-12-8-4)65-87-91(79,80)85-61-67(74)62-86-92(81,82)88-66-69(90-73(78)60-56-52-48-44-40-35-31-27-23-19-15-11-7-3)64-83-70(75)57-53-49-45-41-38-34-30-26-22-18-14-10-6-2/h9,13-15,18-21,24-27,30-33,39,42,67-69,74H,5-8,10-12,16-17,22-23,28-29,34-38,40-41,43-66H2,1-4H3,(H,79,80)(H,81,82)/b13-9-,18-14-,19-15-,24-20-,25-21-,30-26-,31-27-,33-32-,42-39-. The molecule has 0 bridgehead atoms. The van der Waals surface area contributed by atoms with Crippen LogP contribution in [0.3, 0.4) is 0 Å². The van der Waals surface area contributed by atoms with Gasteiger partial charge in [-0.2, -0.15) is 0 Å². The van der Waals surface area contributed by atoms with Crippen LogP contribution in [0, 0.1) is 0 Å². The molecule has 92 heavy (non-hydrogen) atoms. The number of phosphoric ester groups is 2. The topological polar surface area (TPSA) is 237 Å². The van der Waals surface area contributed by atoms with Gasteiger partial charge in [-0.15, -0.1) is 0 Å². The summed E-state index contributed by atoms with van der Waals surface area (Å²) in [6, 6.07) is 0. The van der Waals surface area contributed by atoms with Crippen LogP contribution in [0.25, 0.3) is 0 Å². The van der Waals surface area contributed by atoms with Crippen LogP contribution in [-0.2, 0) is 65.4 Å². The summed E-state index contributed by atoms with van der Waals surface area (Å²) in [5.41, 5.74) is 0. The quantitative estimate of drug-likeness (QED) is 0.0169. The van der Waals surface area contributed by atoms with Crippen molar-refractivity contribution in [3.05, 3.63) is 109 Å². The zero-order chi connectivity index (χ0) is 67.5. The van der Waals surface area contributed by atoms with Gasteiger partial charge in [-0.05, 0) is 135 Å². The van der Waals surface area contributed by atoms with E-state index in [1.807, 2.05) is 0 Å². The van der Waals surface area contributed by atoms with Crippen LogP contribution in [0.5, 0.6) is 0 Å². The van der Waals surface area contributed by atoms with Gasteiger partial charge in [0.05, 0.1) is 26.4 Å². The average molecular weight is 1340 g/mol. The molecule has 0 spiro atoms. The minimum absolute atomic E-state index is 0.0733. The van der Waals surface area contributed by atoms with E-state index in [1.54, 1.807) is 0 Å². The van der Waals surface area contributed by atoms with Crippen LogP contribution in [0.1, 0.15) is 272 Å². The molecule has 17 nitrogen and oxygen atoms in total. The molecule has 0 radical (unpaired) electrons. The lowest BCUT2D eigenvalue weighted by molar-refractivity contribution is -0.161. The first-order valence-corrected chi connectivity index (χ1v) is 38.1. The molecule has 0 saturated carbocycles. The maximum absolute atomic E-state index is 13.0. The van der Waals surface area contributed by atoms with Crippen molar-refractivity contribution < 1.29 is 80.2 Å². The van der Waals surface area contributed by atoms with E-state index in [0.29, 0.717) is 25.7 Å². The Morgan fingerprint density at radius 1 is 0.315 bits per heavy atom. The summed E-state index contributed by atoms with van der Waals surface area (Å²) in [7, 11) is -9.96. The lowest BCUT2D eigenvalue weighted by atomic mass is 10.1. The number of carbonyl (C=O) groups excluding carboxylic acids is 4. The second-order valence-electron chi connectivity index (χ2n) is 23.1. The van der Waals surface area contributed by atoms with Crippen molar-refractivity contribution in [2.75, 3.05) is 39.6 Å². The van der Waals surface area contributed by atoms with Crippen molar-refractivity contribution >= 4 is 39.5 Å². The number of esters is 4. The zero-order valence-corrected chi connectivity index (χ0v) is 59.0. The third-order valence-corrected chi connectivity index (χ3v) is 16.1. The van der Waals surface area contributed by atoms with Crippen LogP contribution in [-0.4, -0.2) is 96.7 Å². The Morgan fingerprint density at radius 3 is 0.946 bits per heavy atom. The second kappa shape index (κ2) is 65.4. The average Bonchev–Trinajstić information content (AvgIpc) is 2.24. The van der Waals surface area contributed by atoms with Crippen molar-refractivity contribution in [3.63, 3.8) is 0 Å². The van der Waals surface area contributed by atoms with Crippen LogP contribution in [0.2, 0.25) is 0 Å². The number of aliphatic hydroxyl groups is 1. The molecule has 0 fully saturated rings. The molecular weight excluding hydrogens is 1210 g/mol. The number of carbonyl (C=O) groups is 4. The molecule has 0 aliphatic heterocycles. The van der Waals surface area contributed by atoms with Crippen molar-refractivity contribution in [3.8, 4) is 0 Å². The van der Waals surface area contributed by atoms with Crippen LogP contribution in [0.4, 0.5) is 0 Å². The molecule has 0 aromatic heterocycles. The van der Waals surface area contributed by atoms with E-state index in [-0.39, 0.29) is 25.7 Å². The molecule has 3 N–H and O–H groups in total. The minimum Gasteiger partial charge on any atom is -0.462 e. The number of hydrogen-bond donors (Lipinski definition) is 3. The summed E-state index contributed by atoms with van der Waals surface area (Å²) < 4.78 is 68.1. The second-order valence-corrected chi connectivity index (χ2v) is 26.0. The summed E-state index contributed by atoms with van der Waals surface area (Å²) in [5.74, 6) is -2.27. The fourth-order valence-corrected chi connectivity index (χ4v) is 10.4. The van der Waals surface area contributed by atoms with Gasteiger partial charge in [0.15, 0.2) is 12.2 Å². The van der Waals surface area contributed by atoms with Crippen LogP contribution >= 0.6 is 15.6 Å². The number of unbranched alkanes of at least 4 members (excludes halogenated alkanes) is 21.